The van der Waals surface area contributed by atoms with E-state index in [1.165, 1.54) is 30.5 Å². The van der Waals surface area contributed by atoms with Crippen LogP contribution < -0.4 is 14.3 Å². The van der Waals surface area contributed by atoms with Crippen LogP contribution in [0.2, 0.25) is 5.02 Å². The second kappa shape index (κ2) is 10.2. The van der Waals surface area contributed by atoms with Gasteiger partial charge >= 0.3 is 0 Å². The molecule has 0 saturated carbocycles. The van der Waals surface area contributed by atoms with E-state index in [4.69, 9.17) is 21.1 Å². The zero-order chi connectivity index (χ0) is 19.7. The molecule has 2 aromatic rings. The third-order valence-corrected chi connectivity index (χ3v) is 5.02. The highest BCUT2D eigenvalue weighted by molar-refractivity contribution is 7.89. The monoisotopic (exact) mass is 410 g/mol. The van der Waals surface area contributed by atoms with E-state index in [0.717, 1.165) is 12.8 Å². The second-order valence-corrected chi connectivity index (χ2v) is 7.75. The highest BCUT2D eigenvalue weighted by Crippen LogP contribution is 2.28. The van der Waals surface area contributed by atoms with Gasteiger partial charge in [0.05, 0.1) is 24.3 Å². The summed E-state index contributed by atoms with van der Waals surface area (Å²) >= 11 is 5.77. The number of nitrogens with one attached hydrogen (secondary N) is 1. The van der Waals surface area contributed by atoms with Crippen LogP contribution in [0.4, 0.5) is 0 Å². The number of hydrazone groups is 1. The average Bonchev–Trinajstić information content (AvgIpc) is 2.64. The standard InChI is InChI=1S/C19H23ClN2O4S/c1-3-5-12-26-18-11-6-15(13-19(18)25-4-2)14-21-22-27(23,24)17-9-7-16(20)8-10-17/h6-11,13-14,22H,3-5,12H2,1-2H3/b21-14+. The van der Waals surface area contributed by atoms with Gasteiger partial charge in [-0.25, -0.2) is 4.83 Å². The molecule has 0 unspecified atom stereocenters. The van der Waals surface area contributed by atoms with E-state index in [0.29, 0.717) is 35.3 Å². The number of benzene rings is 2. The first kappa shape index (κ1) is 21.1. The van der Waals surface area contributed by atoms with Crippen molar-refractivity contribution in [3.63, 3.8) is 0 Å². The summed E-state index contributed by atoms with van der Waals surface area (Å²) < 4.78 is 35.7. The molecule has 8 heteroatoms. The van der Waals surface area contributed by atoms with E-state index >= 15 is 0 Å². The lowest BCUT2D eigenvalue weighted by Gasteiger charge is -2.12. The van der Waals surface area contributed by atoms with Gasteiger partial charge in [0.15, 0.2) is 11.5 Å². The minimum atomic E-state index is -3.75. The lowest BCUT2D eigenvalue weighted by molar-refractivity contribution is 0.272. The molecule has 0 atom stereocenters. The maximum Gasteiger partial charge on any atom is 0.276 e. The van der Waals surface area contributed by atoms with E-state index in [9.17, 15) is 8.42 Å². The first-order valence-electron chi connectivity index (χ1n) is 8.66. The Morgan fingerprint density at radius 1 is 1.07 bits per heavy atom. The molecule has 27 heavy (non-hydrogen) atoms. The number of halogens is 1. The van der Waals surface area contributed by atoms with Crippen molar-refractivity contribution in [1.29, 1.82) is 0 Å². The maximum absolute atomic E-state index is 12.2. The van der Waals surface area contributed by atoms with Crippen molar-refractivity contribution in [2.24, 2.45) is 5.10 Å². The number of rotatable bonds is 10. The molecular formula is C19H23ClN2O4S. The predicted molar refractivity (Wildman–Crippen MR) is 107 cm³/mol. The molecule has 0 radical (unpaired) electrons. The van der Waals surface area contributed by atoms with Gasteiger partial charge in [-0.15, -0.1) is 0 Å². The van der Waals surface area contributed by atoms with Crippen molar-refractivity contribution in [2.45, 2.75) is 31.6 Å². The summed E-state index contributed by atoms with van der Waals surface area (Å²) in [5, 5.41) is 4.29. The topological polar surface area (TPSA) is 77.0 Å². The molecule has 0 aliphatic carbocycles. The third kappa shape index (κ3) is 6.45. The van der Waals surface area contributed by atoms with Crippen molar-refractivity contribution in [1.82, 2.24) is 4.83 Å². The molecule has 6 nitrogen and oxygen atoms in total. The van der Waals surface area contributed by atoms with Gasteiger partial charge in [-0.3, -0.25) is 0 Å². The Balaban J connectivity index is 2.09. The van der Waals surface area contributed by atoms with E-state index in [1.807, 2.05) is 6.92 Å². The van der Waals surface area contributed by atoms with Gasteiger partial charge in [-0.2, -0.15) is 13.5 Å². The van der Waals surface area contributed by atoms with Crippen molar-refractivity contribution >= 4 is 27.8 Å². The minimum Gasteiger partial charge on any atom is -0.490 e. The molecule has 1 N–H and O–H groups in total. The maximum atomic E-state index is 12.2. The Labute approximate surface area is 165 Å². The Kier molecular flexibility index (Phi) is 7.94. The van der Waals surface area contributed by atoms with E-state index in [-0.39, 0.29) is 4.90 Å². The normalized spacial score (nSPS) is 11.5. The second-order valence-electron chi connectivity index (χ2n) is 5.65. The molecule has 0 aliphatic rings. The first-order valence-corrected chi connectivity index (χ1v) is 10.5. The molecule has 0 amide bonds. The van der Waals surface area contributed by atoms with E-state index < -0.39 is 10.0 Å². The Morgan fingerprint density at radius 3 is 2.48 bits per heavy atom. The van der Waals surface area contributed by atoms with E-state index in [2.05, 4.69) is 16.9 Å². The molecule has 2 aromatic carbocycles. The molecule has 0 saturated heterocycles. The highest BCUT2D eigenvalue weighted by Gasteiger charge is 2.12. The van der Waals surface area contributed by atoms with Gasteiger partial charge in [0.1, 0.15) is 0 Å². The summed E-state index contributed by atoms with van der Waals surface area (Å²) in [7, 11) is -3.75. The van der Waals surface area contributed by atoms with Gasteiger partial charge in [-0.1, -0.05) is 24.9 Å². The molecule has 0 aliphatic heterocycles. The SMILES string of the molecule is CCCCOc1ccc(/C=N/NS(=O)(=O)c2ccc(Cl)cc2)cc1OCC. The Bertz CT molecular complexity index is 868. The summed E-state index contributed by atoms with van der Waals surface area (Å²) in [6.45, 7) is 5.09. The van der Waals surface area contributed by atoms with Crippen LogP contribution in [0.3, 0.4) is 0 Å². The minimum absolute atomic E-state index is 0.0822. The average molecular weight is 411 g/mol. The lowest BCUT2D eigenvalue weighted by Crippen LogP contribution is -2.18. The summed E-state index contributed by atoms with van der Waals surface area (Å²) in [6, 6.07) is 11.2. The van der Waals surface area contributed by atoms with Crippen LogP contribution in [-0.2, 0) is 10.0 Å². The molecule has 0 fully saturated rings. The van der Waals surface area contributed by atoms with Crippen LogP contribution >= 0.6 is 11.6 Å². The lowest BCUT2D eigenvalue weighted by atomic mass is 10.2. The number of sulfonamides is 1. The van der Waals surface area contributed by atoms with Crippen LogP contribution in [-0.4, -0.2) is 27.8 Å². The largest absolute Gasteiger partial charge is 0.490 e. The zero-order valence-corrected chi connectivity index (χ0v) is 16.9. The van der Waals surface area contributed by atoms with Crippen LogP contribution in [0.1, 0.15) is 32.3 Å². The number of nitrogens with zero attached hydrogens (tertiary/aromatic N) is 1. The number of hydrogen-bond donors (Lipinski definition) is 1. The summed E-state index contributed by atoms with van der Waals surface area (Å²) in [5.74, 6) is 1.25. The number of ether oxygens (including phenoxy) is 2. The summed E-state index contributed by atoms with van der Waals surface area (Å²) in [5.41, 5.74) is 0.681. The van der Waals surface area contributed by atoms with Gasteiger partial charge in [0, 0.05) is 5.02 Å². The zero-order valence-electron chi connectivity index (χ0n) is 15.3. The predicted octanol–water partition coefficient (Wildman–Crippen LogP) is 4.23. The molecule has 2 rings (SSSR count). The van der Waals surface area contributed by atoms with Crippen molar-refractivity contribution in [3.8, 4) is 11.5 Å². The van der Waals surface area contributed by atoms with Gasteiger partial charge in [0.2, 0.25) is 0 Å². The van der Waals surface area contributed by atoms with Crippen molar-refractivity contribution in [2.75, 3.05) is 13.2 Å². The van der Waals surface area contributed by atoms with E-state index in [1.54, 1.807) is 18.2 Å². The quantitative estimate of drug-likeness (QED) is 0.361. The fourth-order valence-corrected chi connectivity index (χ4v) is 3.07. The highest BCUT2D eigenvalue weighted by atomic mass is 35.5. The molecule has 0 spiro atoms. The molecule has 0 aromatic heterocycles. The van der Waals surface area contributed by atoms with Crippen LogP contribution in [0.25, 0.3) is 0 Å². The van der Waals surface area contributed by atoms with Gasteiger partial charge in [0.25, 0.3) is 10.0 Å². The Hall–Kier alpha value is -2.25. The Morgan fingerprint density at radius 2 is 1.81 bits per heavy atom. The summed E-state index contributed by atoms with van der Waals surface area (Å²) in [6.07, 6.45) is 3.41. The smallest absolute Gasteiger partial charge is 0.276 e. The molecule has 146 valence electrons. The third-order valence-electron chi connectivity index (χ3n) is 3.53. The van der Waals surface area contributed by atoms with Crippen LogP contribution in [0, 0.1) is 0 Å². The number of hydrogen-bond acceptors (Lipinski definition) is 5. The molecular weight excluding hydrogens is 388 g/mol. The molecule has 0 bridgehead atoms. The van der Waals surface area contributed by atoms with Crippen LogP contribution in [0.15, 0.2) is 52.5 Å². The van der Waals surface area contributed by atoms with Gasteiger partial charge < -0.3 is 9.47 Å². The molecule has 0 heterocycles. The van der Waals surface area contributed by atoms with Crippen LogP contribution in [0.5, 0.6) is 11.5 Å². The van der Waals surface area contributed by atoms with Gasteiger partial charge in [-0.05, 0) is 61.4 Å². The number of unbranched alkanes of at least 4 members (excludes halogenated alkanes) is 1. The first-order chi connectivity index (χ1) is 13.0. The van der Waals surface area contributed by atoms with Crippen molar-refractivity contribution in [3.05, 3.63) is 53.1 Å². The van der Waals surface area contributed by atoms with Crippen molar-refractivity contribution < 1.29 is 17.9 Å². The fourth-order valence-electron chi connectivity index (χ4n) is 2.16. The fraction of sp³-hybridized carbons (Fsp3) is 0.316. The summed E-state index contributed by atoms with van der Waals surface area (Å²) in [4.78, 5) is 2.26.